The van der Waals surface area contributed by atoms with Crippen LogP contribution in [0, 0.1) is 5.92 Å². The summed E-state index contributed by atoms with van der Waals surface area (Å²) in [5.41, 5.74) is 1.53. The second-order valence-electron chi connectivity index (χ2n) is 5.09. The summed E-state index contributed by atoms with van der Waals surface area (Å²) in [5.74, 6) is 1.05. The largest absolute Gasteiger partial charge is 0.355 e. The first kappa shape index (κ1) is 13.5. The summed E-state index contributed by atoms with van der Waals surface area (Å²) >= 11 is 0. The summed E-state index contributed by atoms with van der Waals surface area (Å²) in [4.78, 5) is 29.8. The topological polar surface area (TPSA) is 86.8 Å². The number of anilines is 1. The van der Waals surface area contributed by atoms with E-state index in [2.05, 4.69) is 36.7 Å². The SMILES string of the molecule is C=CCNC(=O)C1CCN(c2ncnc3nc[nH]c23)CC1. The summed E-state index contributed by atoms with van der Waals surface area (Å²) in [6, 6.07) is 0. The van der Waals surface area contributed by atoms with Crippen molar-refractivity contribution in [2.75, 3.05) is 24.5 Å². The fraction of sp³-hybridized carbons (Fsp3) is 0.429. The molecule has 0 aromatic carbocycles. The number of amides is 1. The molecule has 3 heterocycles. The fourth-order valence-corrected chi connectivity index (χ4v) is 2.66. The zero-order valence-corrected chi connectivity index (χ0v) is 11.7. The predicted octanol–water partition coefficient (Wildman–Crippen LogP) is 0.871. The third-order valence-electron chi connectivity index (χ3n) is 3.79. The van der Waals surface area contributed by atoms with Gasteiger partial charge in [-0.25, -0.2) is 15.0 Å². The molecule has 2 N–H and O–H groups in total. The average Bonchev–Trinajstić information content (AvgIpc) is 3.01. The van der Waals surface area contributed by atoms with Gasteiger partial charge in [-0.05, 0) is 12.8 Å². The van der Waals surface area contributed by atoms with Crippen LogP contribution in [0.5, 0.6) is 0 Å². The lowest BCUT2D eigenvalue weighted by molar-refractivity contribution is -0.125. The molecule has 1 saturated heterocycles. The molecule has 0 saturated carbocycles. The lowest BCUT2D eigenvalue weighted by Crippen LogP contribution is -2.41. The third kappa shape index (κ3) is 2.72. The highest BCUT2D eigenvalue weighted by molar-refractivity contribution is 5.83. The van der Waals surface area contributed by atoms with E-state index in [1.165, 1.54) is 6.33 Å². The maximum absolute atomic E-state index is 12.0. The Labute approximate surface area is 122 Å². The number of H-pyrrole nitrogens is 1. The van der Waals surface area contributed by atoms with Crippen molar-refractivity contribution in [3.8, 4) is 0 Å². The second-order valence-corrected chi connectivity index (χ2v) is 5.09. The third-order valence-corrected chi connectivity index (χ3v) is 3.79. The van der Waals surface area contributed by atoms with Crippen molar-refractivity contribution < 1.29 is 4.79 Å². The molecular weight excluding hydrogens is 268 g/mol. The van der Waals surface area contributed by atoms with E-state index in [4.69, 9.17) is 0 Å². The molecule has 1 fully saturated rings. The minimum Gasteiger partial charge on any atom is -0.355 e. The van der Waals surface area contributed by atoms with E-state index in [1.807, 2.05) is 0 Å². The van der Waals surface area contributed by atoms with Gasteiger partial charge in [0.1, 0.15) is 11.8 Å². The Hall–Kier alpha value is -2.44. The molecule has 0 aliphatic carbocycles. The van der Waals surface area contributed by atoms with Crippen LogP contribution in [0.25, 0.3) is 11.2 Å². The van der Waals surface area contributed by atoms with Gasteiger partial charge in [0.25, 0.3) is 0 Å². The maximum Gasteiger partial charge on any atom is 0.223 e. The molecule has 1 aliphatic rings. The molecule has 0 atom stereocenters. The Morgan fingerprint density at radius 2 is 2.24 bits per heavy atom. The van der Waals surface area contributed by atoms with E-state index in [-0.39, 0.29) is 11.8 Å². The number of aromatic nitrogens is 4. The van der Waals surface area contributed by atoms with Crippen molar-refractivity contribution in [2.24, 2.45) is 5.92 Å². The van der Waals surface area contributed by atoms with E-state index in [0.717, 1.165) is 37.3 Å². The smallest absolute Gasteiger partial charge is 0.223 e. The molecule has 7 heteroatoms. The molecule has 0 bridgehead atoms. The minimum absolute atomic E-state index is 0.0697. The number of fused-ring (bicyclic) bond motifs is 1. The van der Waals surface area contributed by atoms with Gasteiger partial charge in [-0.15, -0.1) is 6.58 Å². The molecule has 21 heavy (non-hydrogen) atoms. The van der Waals surface area contributed by atoms with Crippen molar-refractivity contribution in [1.29, 1.82) is 0 Å². The lowest BCUT2D eigenvalue weighted by Gasteiger charge is -2.32. The molecule has 2 aromatic rings. The Kier molecular flexibility index (Phi) is 3.81. The number of nitrogens with zero attached hydrogens (tertiary/aromatic N) is 4. The van der Waals surface area contributed by atoms with Gasteiger partial charge in [-0.2, -0.15) is 0 Å². The van der Waals surface area contributed by atoms with E-state index in [9.17, 15) is 4.79 Å². The number of hydrogen-bond donors (Lipinski definition) is 2. The quantitative estimate of drug-likeness (QED) is 0.814. The van der Waals surface area contributed by atoms with Gasteiger partial charge in [-0.1, -0.05) is 6.08 Å². The zero-order chi connectivity index (χ0) is 14.7. The summed E-state index contributed by atoms with van der Waals surface area (Å²) in [6.45, 7) is 5.74. The number of carbonyl (C=O) groups excluding carboxylic acids is 1. The van der Waals surface area contributed by atoms with Crippen molar-refractivity contribution in [2.45, 2.75) is 12.8 Å². The molecule has 3 rings (SSSR count). The van der Waals surface area contributed by atoms with Crippen LogP contribution in [0.1, 0.15) is 12.8 Å². The lowest BCUT2D eigenvalue weighted by atomic mass is 9.96. The number of hydrogen-bond acceptors (Lipinski definition) is 5. The Balaban J connectivity index is 1.67. The van der Waals surface area contributed by atoms with Gasteiger partial charge in [0.15, 0.2) is 11.5 Å². The van der Waals surface area contributed by atoms with Crippen LogP contribution in [0.3, 0.4) is 0 Å². The minimum atomic E-state index is 0.0697. The molecule has 0 spiro atoms. The number of nitrogens with one attached hydrogen (secondary N) is 2. The number of carbonyl (C=O) groups is 1. The van der Waals surface area contributed by atoms with Gasteiger partial charge in [0.2, 0.25) is 5.91 Å². The molecule has 0 unspecified atom stereocenters. The number of piperidine rings is 1. The Bertz CT molecular complexity index is 644. The van der Waals surface area contributed by atoms with Gasteiger partial charge in [0.05, 0.1) is 6.33 Å². The number of aromatic amines is 1. The Morgan fingerprint density at radius 1 is 1.43 bits per heavy atom. The van der Waals surface area contributed by atoms with E-state index >= 15 is 0 Å². The molecule has 1 aliphatic heterocycles. The average molecular weight is 286 g/mol. The summed E-state index contributed by atoms with van der Waals surface area (Å²) < 4.78 is 0. The number of rotatable bonds is 4. The fourth-order valence-electron chi connectivity index (χ4n) is 2.66. The van der Waals surface area contributed by atoms with Crippen molar-refractivity contribution in [1.82, 2.24) is 25.3 Å². The van der Waals surface area contributed by atoms with Crippen molar-refractivity contribution in [3.05, 3.63) is 25.3 Å². The standard InChI is InChI=1S/C14H18N6O/c1-2-5-15-14(21)10-3-6-20(7-4-10)13-11-12(17-8-16-11)18-9-19-13/h2,8-10H,1,3-7H2,(H,15,21)(H,16,17,18,19). The van der Waals surface area contributed by atoms with Crippen LogP contribution in [0.15, 0.2) is 25.3 Å². The van der Waals surface area contributed by atoms with Crippen LogP contribution < -0.4 is 10.2 Å². The molecule has 7 nitrogen and oxygen atoms in total. The highest BCUT2D eigenvalue weighted by atomic mass is 16.1. The van der Waals surface area contributed by atoms with Crippen LogP contribution in [-0.2, 0) is 4.79 Å². The van der Waals surface area contributed by atoms with Crippen molar-refractivity contribution in [3.63, 3.8) is 0 Å². The van der Waals surface area contributed by atoms with Gasteiger partial charge < -0.3 is 15.2 Å². The first-order chi connectivity index (χ1) is 10.3. The maximum atomic E-state index is 12.0. The first-order valence-corrected chi connectivity index (χ1v) is 7.07. The van der Waals surface area contributed by atoms with E-state index in [1.54, 1.807) is 12.4 Å². The first-order valence-electron chi connectivity index (χ1n) is 7.07. The predicted molar refractivity (Wildman–Crippen MR) is 79.8 cm³/mol. The van der Waals surface area contributed by atoms with Gasteiger partial charge in [-0.3, -0.25) is 4.79 Å². The molecule has 2 aromatic heterocycles. The van der Waals surface area contributed by atoms with Crippen LogP contribution in [0.2, 0.25) is 0 Å². The molecular formula is C14H18N6O. The normalized spacial score (nSPS) is 16.1. The van der Waals surface area contributed by atoms with Gasteiger partial charge in [0, 0.05) is 25.6 Å². The van der Waals surface area contributed by atoms with E-state index in [0.29, 0.717) is 12.2 Å². The highest BCUT2D eigenvalue weighted by Gasteiger charge is 2.26. The molecule has 110 valence electrons. The number of imidazole rings is 1. The van der Waals surface area contributed by atoms with Gasteiger partial charge >= 0.3 is 0 Å². The van der Waals surface area contributed by atoms with Crippen molar-refractivity contribution >= 4 is 22.9 Å². The summed E-state index contributed by atoms with van der Waals surface area (Å²) in [5, 5.41) is 2.86. The van der Waals surface area contributed by atoms with Crippen LogP contribution >= 0.6 is 0 Å². The second kappa shape index (κ2) is 5.90. The zero-order valence-electron chi connectivity index (χ0n) is 11.7. The summed E-state index contributed by atoms with van der Waals surface area (Å²) in [7, 11) is 0. The van der Waals surface area contributed by atoms with Crippen LogP contribution in [-0.4, -0.2) is 45.5 Å². The van der Waals surface area contributed by atoms with E-state index < -0.39 is 0 Å². The highest BCUT2D eigenvalue weighted by Crippen LogP contribution is 2.25. The molecule has 1 amide bonds. The Morgan fingerprint density at radius 3 is 3.00 bits per heavy atom. The van der Waals surface area contributed by atoms with Crippen LogP contribution in [0.4, 0.5) is 5.82 Å². The monoisotopic (exact) mass is 286 g/mol. The summed E-state index contributed by atoms with van der Waals surface area (Å²) in [6.07, 6.45) is 6.49. The molecule has 0 radical (unpaired) electrons.